The second-order valence-corrected chi connectivity index (χ2v) is 11.7. The number of para-hydroxylation sites is 2. The van der Waals surface area contributed by atoms with Crippen LogP contribution in [0.15, 0.2) is 115 Å². The largest absolute Gasteiger partial charge is 0.492 e. The number of methoxy groups -OCH3 is 1. The van der Waals surface area contributed by atoms with Crippen LogP contribution in [-0.2, 0) is 16.0 Å². The van der Waals surface area contributed by atoms with Gasteiger partial charge in [-0.1, -0.05) is 78.9 Å². The van der Waals surface area contributed by atoms with E-state index in [1.54, 1.807) is 36.4 Å². The molecule has 238 valence electrons. The lowest BCUT2D eigenvalue weighted by atomic mass is 10.00. The van der Waals surface area contributed by atoms with E-state index in [-0.39, 0.29) is 11.7 Å². The Hall–Kier alpha value is -5.50. The molecule has 0 aliphatic heterocycles. The Balaban J connectivity index is 1.08. The van der Waals surface area contributed by atoms with Gasteiger partial charge in [-0.25, -0.2) is 9.78 Å². The normalized spacial score (nSPS) is 13.0. The number of ketones is 1. The van der Waals surface area contributed by atoms with Crippen molar-refractivity contribution in [2.45, 2.75) is 25.3 Å². The summed E-state index contributed by atoms with van der Waals surface area (Å²) in [7, 11) is 1.35. The van der Waals surface area contributed by atoms with Gasteiger partial charge in [0.05, 0.1) is 19.2 Å². The molecule has 1 atom stereocenters. The highest BCUT2D eigenvalue weighted by Gasteiger charge is 2.28. The van der Waals surface area contributed by atoms with E-state index < -0.39 is 12.0 Å². The van der Waals surface area contributed by atoms with Crippen molar-refractivity contribution in [1.29, 1.82) is 0 Å². The number of hydrogen-bond donors (Lipinski definition) is 1. The maximum absolute atomic E-state index is 13.4. The molecule has 5 aromatic rings. The molecular weight excluding hydrogens is 590 g/mol. The highest BCUT2D eigenvalue weighted by Crippen LogP contribution is 2.30. The van der Waals surface area contributed by atoms with E-state index in [1.165, 1.54) is 7.11 Å². The number of anilines is 1. The molecule has 1 saturated carbocycles. The van der Waals surface area contributed by atoms with E-state index in [1.807, 2.05) is 83.8 Å². The number of esters is 1. The predicted octanol–water partition coefficient (Wildman–Crippen LogP) is 6.59. The van der Waals surface area contributed by atoms with Gasteiger partial charge in [-0.3, -0.25) is 9.59 Å². The second-order valence-electron chi connectivity index (χ2n) is 11.7. The van der Waals surface area contributed by atoms with Crippen LogP contribution in [0.5, 0.6) is 5.75 Å². The SMILES string of the molecule is COC(=O)C(Cc1ccc(OCCN(CC2CC2)C(=O)c2ccc3ccccc3n2)cc1)Nc1ccccc1C(=O)c1ccccc1. The number of aromatic nitrogens is 1. The molecule has 0 spiro atoms. The number of fused-ring (bicyclic) bond motifs is 1. The van der Waals surface area contributed by atoms with Gasteiger partial charge in [-0.05, 0) is 60.7 Å². The molecule has 1 aliphatic carbocycles. The number of amides is 1. The smallest absolute Gasteiger partial charge is 0.328 e. The number of carbonyl (C=O) groups excluding carboxylic acids is 3. The van der Waals surface area contributed by atoms with Crippen molar-refractivity contribution in [2.75, 3.05) is 32.1 Å². The minimum Gasteiger partial charge on any atom is -0.492 e. The molecule has 1 N–H and O–H groups in total. The van der Waals surface area contributed by atoms with Crippen molar-refractivity contribution in [2.24, 2.45) is 5.92 Å². The number of carbonyl (C=O) groups is 3. The Bertz CT molecular complexity index is 1850. The highest BCUT2D eigenvalue weighted by molar-refractivity contribution is 6.12. The molecule has 8 heteroatoms. The van der Waals surface area contributed by atoms with Crippen molar-refractivity contribution in [3.05, 3.63) is 138 Å². The molecular formula is C39H37N3O5. The first-order valence-corrected chi connectivity index (χ1v) is 15.9. The lowest BCUT2D eigenvalue weighted by Crippen LogP contribution is -2.36. The van der Waals surface area contributed by atoms with E-state index in [0.29, 0.717) is 60.3 Å². The van der Waals surface area contributed by atoms with Crippen LogP contribution >= 0.6 is 0 Å². The highest BCUT2D eigenvalue weighted by atomic mass is 16.5. The molecule has 6 rings (SSSR count). The van der Waals surface area contributed by atoms with Gasteiger partial charge >= 0.3 is 5.97 Å². The number of benzene rings is 4. The molecule has 47 heavy (non-hydrogen) atoms. The molecule has 0 saturated heterocycles. The summed E-state index contributed by atoms with van der Waals surface area (Å²) < 4.78 is 11.1. The van der Waals surface area contributed by atoms with Crippen molar-refractivity contribution < 1.29 is 23.9 Å². The summed E-state index contributed by atoms with van der Waals surface area (Å²) in [5.74, 6) is 0.532. The van der Waals surface area contributed by atoms with E-state index in [0.717, 1.165) is 29.3 Å². The Kier molecular flexibility index (Phi) is 9.87. The number of ether oxygens (including phenoxy) is 2. The lowest BCUT2D eigenvalue weighted by molar-refractivity contribution is -0.141. The summed E-state index contributed by atoms with van der Waals surface area (Å²) >= 11 is 0. The third-order valence-corrected chi connectivity index (χ3v) is 8.30. The zero-order chi connectivity index (χ0) is 32.6. The molecule has 1 fully saturated rings. The minimum atomic E-state index is -0.720. The van der Waals surface area contributed by atoms with Crippen LogP contribution in [-0.4, -0.2) is 60.4 Å². The molecule has 1 aliphatic rings. The third-order valence-electron chi connectivity index (χ3n) is 8.30. The van der Waals surface area contributed by atoms with Crippen LogP contribution in [0.4, 0.5) is 5.69 Å². The zero-order valence-electron chi connectivity index (χ0n) is 26.3. The second kappa shape index (κ2) is 14.7. The Morgan fingerprint density at radius 2 is 1.57 bits per heavy atom. The number of rotatable bonds is 14. The summed E-state index contributed by atoms with van der Waals surface area (Å²) in [6.45, 7) is 1.47. The fourth-order valence-corrected chi connectivity index (χ4v) is 5.54. The maximum Gasteiger partial charge on any atom is 0.328 e. The lowest BCUT2D eigenvalue weighted by Gasteiger charge is -2.23. The van der Waals surface area contributed by atoms with Crippen LogP contribution < -0.4 is 10.1 Å². The molecule has 1 aromatic heterocycles. The molecule has 1 unspecified atom stereocenters. The Morgan fingerprint density at radius 3 is 2.34 bits per heavy atom. The van der Waals surface area contributed by atoms with Crippen molar-refractivity contribution in [3.63, 3.8) is 0 Å². The standard InChI is InChI=1S/C39H37N3O5/c1-46-39(45)36(41-34-14-8-6-12-32(34)37(43)30-10-3-2-4-11-30)25-27-17-20-31(21-18-27)47-24-23-42(26-28-15-16-28)38(44)35-22-19-29-9-5-7-13-33(29)40-35/h2-14,17-22,28,36,41H,15-16,23-26H2,1H3. The molecule has 0 bridgehead atoms. The Morgan fingerprint density at radius 1 is 0.851 bits per heavy atom. The van der Waals surface area contributed by atoms with E-state index in [9.17, 15) is 14.4 Å². The van der Waals surface area contributed by atoms with Gasteiger partial charge < -0.3 is 19.7 Å². The van der Waals surface area contributed by atoms with Gasteiger partial charge in [0.15, 0.2) is 5.78 Å². The molecule has 1 heterocycles. The number of pyridine rings is 1. The average molecular weight is 628 g/mol. The van der Waals surface area contributed by atoms with E-state index in [2.05, 4.69) is 10.3 Å². The third kappa shape index (κ3) is 8.02. The molecule has 4 aromatic carbocycles. The van der Waals surface area contributed by atoms with Crippen molar-refractivity contribution in [3.8, 4) is 5.75 Å². The van der Waals surface area contributed by atoms with Crippen LogP contribution in [0.25, 0.3) is 10.9 Å². The average Bonchev–Trinajstić information content (AvgIpc) is 3.95. The van der Waals surface area contributed by atoms with Gasteiger partial charge in [0.2, 0.25) is 0 Å². The van der Waals surface area contributed by atoms with E-state index >= 15 is 0 Å². The first kappa shape index (κ1) is 31.5. The summed E-state index contributed by atoms with van der Waals surface area (Å²) in [4.78, 5) is 45.9. The topological polar surface area (TPSA) is 97.8 Å². The van der Waals surface area contributed by atoms with E-state index in [4.69, 9.17) is 9.47 Å². The van der Waals surface area contributed by atoms with Crippen molar-refractivity contribution >= 4 is 34.3 Å². The number of nitrogens with one attached hydrogen (secondary N) is 1. The number of nitrogens with zero attached hydrogens (tertiary/aromatic N) is 2. The van der Waals surface area contributed by atoms with Gasteiger partial charge in [-0.15, -0.1) is 0 Å². The first-order chi connectivity index (χ1) is 23.0. The monoisotopic (exact) mass is 627 g/mol. The zero-order valence-corrected chi connectivity index (χ0v) is 26.3. The van der Waals surface area contributed by atoms with Crippen LogP contribution in [0, 0.1) is 5.92 Å². The summed E-state index contributed by atoms with van der Waals surface area (Å²) in [6, 6.07) is 34.5. The fraction of sp³-hybridized carbons (Fsp3) is 0.231. The molecule has 1 amide bonds. The van der Waals surface area contributed by atoms with Crippen LogP contribution in [0.3, 0.4) is 0 Å². The van der Waals surface area contributed by atoms with Crippen LogP contribution in [0.2, 0.25) is 0 Å². The quantitative estimate of drug-likeness (QED) is 0.110. The van der Waals surface area contributed by atoms with Gasteiger partial charge in [0.1, 0.15) is 24.1 Å². The van der Waals surface area contributed by atoms with Gasteiger partial charge in [0, 0.05) is 35.2 Å². The minimum absolute atomic E-state index is 0.0880. The van der Waals surface area contributed by atoms with Gasteiger partial charge in [-0.2, -0.15) is 0 Å². The first-order valence-electron chi connectivity index (χ1n) is 15.9. The summed E-state index contributed by atoms with van der Waals surface area (Å²) in [5.41, 5.74) is 3.73. The summed E-state index contributed by atoms with van der Waals surface area (Å²) in [6.07, 6.45) is 2.60. The van der Waals surface area contributed by atoms with Crippen LogP contribution in [0.1, 0.15) is 44.8 Å². The Labute approximate surface area is 274 Å². The maximum atomic E-state index is 13.4. The molecule has 8 nitrogen and oxygen atoms in total. The number of hydrogen-bond acceptors (Lipinski definition) is 7. The van der Waals surface area contributed by atoms with Gasteiger partial charge in [0.25, 0.3) is 5.91 Å². The molecule has 0 radical (unpaired) electrons. The summed E-state index contributed by atoms with van der Waals surface area (Å²) in [5, 5.41) is 4.25. The van der Waals surface area contributed by atoms with Crippen molar-refractivity contribution in [1.82, 2.24) is 9.88 Å². The predicted molar refractivity (Wildman–Crippen MR) is 182 cm³/mol. The fourth-order valence-electron chi connectivity index (χ4n) is 5.54.